The third-order valence-corrected chi connectivity index (χ3v) is 5.18. The van der Waals surface area contributed by atoms with Gasteiger partial charge in [-0.2, -0.15) is 5.26 Å². The molecule has 0 spiro atoms. The minimum atomic E-state index is -3.78. The fraction of sp³-hybridized carbons (Fsp3) is 0.158. The molecule has 0 saturated heterocycles. The molecule has 26 heavy (non-hydrogen) atoms. The van der Waals surface area contributed by atoms with Crippen LogP contribution in [0.15, 0.2) is 59.5 Å². The van der Waals surface area contributed by atoms with Crippen molar-refractivity contribution in [2.45, 2.75) is 11.4 Å². The Labute approximate surface area is 152 Å². The Hall–Kier alpha value is -2.95. The SMILES string of the molecule is CN(C)Cc1ccc2cccc(NS(=O)(=O)c3ccc(C#N)cc3)c2n1. The van der Waals surface area contributed by atoms with Crippen molar-refractivity contribution in [2.24, 2.45) is 0 Å². The Morgan fingerprint density at radius 2 is 1.81 bits per heavy atom. The number of nitrogens with zero attached hydrogens (tertiary/aromatic N) is 3. The Morgan fingerprint density at radius 3 is 2.46 bits per heavy atom. The molecule has 0 atom stereocenters. The number of fused-ring (bicyclic) bond motifs is 1. The Bertz CT molecular complexity index is 1080. The number of rotatable bonds is 5. The van der Waals surface area contributed by atoms with Crippen LogP contribution < -0.4 is 4.72 Å². The molecule has 0 aliphatic heterocycles. The number of sulfonamides is 1. The van der Waals surface area contributed by atoms with E-state index in [9.17, 15) is 8.42 Å². The van der Waals surface area contributed by atoms with E-state index in [0.29, 0.717) is 23.3 Å². The molecule has 0 amide bonds. The molecule has 0 fully saturated rings. The normalized spacial score (nSPS) is 11.5. The van der Waals surface area contributed by atoms with Gasteiger partial charge in [-0.3, -0.25) is 4.72 Å². The first kappa shape index (κ1) is 17.9. The molecule has 0 saturated carbocycles. The van der Waals surface area contributed by atoms with Crippen molar-refractivity contribution in [3.8, 4) is 6.07 Å². The smallest absolute Gasteiger partial charge is 0.261 e. The van der Waals surface area contributed by atoms with E-state index in [4.69, 9.17) is 5.26 Å². The molecule has 0 bridgehead atoms. The number of hydrogen-bond donors (Lipinski definition) is 1. The molecule has 1 N–H and O–H groups in total. The molecule has 7 heteroatoms. The van der Waals surface area contributed by atoms with Gasteiger partial charge in [0.1, 0.15) is 0 Å². The summed E-state index contributed by atoms with van der Waals surface area (Å²) in [5.74, 6) is 0. The number of nitrogens with one attached hydrogen (secondary N) is 1. The Kier molecular flexibility index (Phi) is 4.89. The van der Waals surface area contributed by atoms with Crippen LogP contribution in [0.3, 0.4) is 0 Å². The van der Waals surface area contributed by atoms with Gasteiger partial charge in [-0.15, -0.1) is 0 Å². The van der Waals surface area contributed by atoms with Gasteiger partial charge in [-0.05, 0) is 50.5 Å². The number of nitriles is 1. The van der Waals surface area contributed by atoms with E-state index in [1.807, 2.05) is 43.3 Å². The number of benzene rings is 2. The number of aromatic nitrogens is 1. The molecular weight excluding hydrogens is 348 g/mol. The maximum atomic E-state index is 12.7. The summed E-state index contributed by atoms with van der Waals surface area (Å²) in [4.78, 5) is 6.70. The fourth-order valence-electron chi connectivity index (χ4n) is 2.59. The zero-order valence-corrected chi connectivity index (χ0v) is 15.3. The van der Waals surface area contributed by atoms with Crippen LogP contribution in [-0.4, -0.2) is 32.4 Å². The van der Waals surface area contributed by atoms with Crippen LogP contribution in [0, 0.1) is 11.3 Å². The van der Waals surface area contributed by atoms with Crippen molar-refractivity contribution in [1.82, 2.24) is 9.88 Å². The van der Waals surface area contributed by atoms with Crippen molar-refractivity contribution in [2.75, 3.05) is 18.8 Å². The lowest BCUT2D eigenvalue weighted by Gasteiger charge is -2.13. The summed E-state index contributed by atoms with van der Waals surface area (Å²) in [6.45, 7) is 0.659. The molecule has 2 aromatic carbocycles. The third-order valence-electron chi connectivity index (χ3n) is 3.79. The Balaban J connectivity index is 2.00. The molecule has 0 unspecified atom stereocenters. The second-order valence-electron chi connectivity index (χ2n) is 6.16. The standard InChI is InChI=1S/C19H18N4O2S/c1-23(2)13-16-9-8-15-4-3-5-18(19(15)21-16)22-26(24,25)17-10-6-14(12-20)7-11-17/h3-11,22H,13H2,1-2H3. The molecule has 0 radical (unpaired) electrons. The number of pyridine rings is 1. The topological polar surface area (TPSA) is 86.1 Å². The van der Waals surface area contributed by atoms with Crippen molar-refractivity contribution in [1.29, 1.82) is 5.26 Å². The monoisotopic (exact) mass is 366 g/mol. The van der Waals surface area contributed by atoms with E-state index >= 15 is 0 Å². The molecule has 6 nitrogen and oxygen atoms in total. The lowest BCUT2D eigenvalue weighted by atomic mass is 10.2. The van der Waals surface area contributed by atoms with Crippen LogP contribution in [0.5, 0.6) is 0 Å². The average molecular weight is 366 g/mol. The molecule has 3 aromatic rings. The number of para-hydroxylation sites is 1. The second kappa shape index (κ2) is 7.12. The molecular formula is C19H18N4O2S. The predicted octanol–water partition coefficient (Wildman–Crippen LogP) is 2.97. The maximum Gasteiger partial charge on any atom is 0.261 e. The van der Waals surface area contributed by atoms with Crippen molar-refractivity contribution in [3.63, 3.8) is 0 Å². The van der Waals surface area contributed by atoms with E-state index in [2.05, 4.69) is 9.71 Å². The highest BCUT2D eigenvalue weighted by Crippen LogP contribution is 2.25. The first-order valence-corrected chi connectivity index (χ1v) is 9.44. The van der Waals surface area contributed by atoms with E-state index in [-0.39, 0.29) is 4.90 Å². The van der Waals surface area contributed by atoms with Crippen LogP contribution in [0.25, 0.3) is 10.9 Å². The highest BCUT2D eigenvalue weighted by Gasteiger charge is 2.16. The van der Waals surface area contributed by atoms with Gasteiger partial charge in [0.2, 0.25) is 0 Å². The summed E-state index contributed by atoms with van der Waals surface area (Å²) in [6.07, 6.45) is 0. The molecule has 0 aliphatic carbocycles. The quantitative estimate of drug-likeness (QED) is 0.750. The van der Waals surface area contributed by atoms with Gasteiger partial charge < -0.3 is 4.90 Å². The first-order chi connectivity index (χ1) is 12.4. The predicted molar refractivity (Wildman–Crippen MR) is 101 cm³/mol. The zero-order chi connectivity index (χ0) is 18.7. The van der Waals surface area contributed by atoms with Gasteiger partial charge in [0.25, 0.3) is 10.0 Å². The lowest BCUT2D eigenvalue weighted by Crippen LogP contribution is -2.14. The van der Waals surface area contributed by atoms with Gasteiger partial charge in [0, 0.05) is 11.9 Å². The van der Waals surface area contributed by atoms with Gasteiger partial charge in [-0.1, -0.05) is 18.2 Å². The summed E-state index contributed by atoms with van der Waals surface area (Å²) in [5, 5.41) is 9.70. The van der Waals surface area contributed by atoms with Crippen LogP contribution >= 0.6 is 0 Å². The number of anilines is 1. The van der Waals surface area contributed by atoms with E-state index in [0.717, 1.165) is 11.1 Å². The molecule has 1 heterocycles. The zero-order valence-electron chi connectivity index (χ0n) is 14.5. The summed E-state index contributed by atoms with van der Waals surface area (Å²) < 4.78 is 28.0. The van der Waals surface area contributed by atoms with Crippen LogP contribution in [0.1, 0.15) is 11.3 Å². The highest BCUT2D eigenvalue weighted by molar-refractivity contribution is 7.92. The molecule has 1 aromatic heterocycles. The van der Waals surface area contributed by atoms with E-state index in [1.165, 1.54) is 24.3 Å². The van der Waals surface area contributed by atoms with Gasteiger partial charge >= 0.3 is 0 Å². The fourth-order valence-corrected chi connectivity index (χ4v) is 3.66. The lowest BCUT2D eigenvalue weighted by molar-refractivity contribution is 0.397. The maximum absolute atomic E-state index is 12.7. The summed E-state index contributed by atoms with van der Waals surface area (Å²) in [5.41, 5.74) is 2.29. The van der Waals surface area contributed by atoms with Crippen LogP contribution in [-0.2, 0) is 16.6 Å². The highest BCUT2D eigenvalue weighted by atomic mass is 32.2. The number of hydrogen-bond acceptors (Lipinski definition) is 5. The average Bonchev–Trinajstić information content (AvgIpc) is 2.61. The van der Waals surface area contributed by atoms with Crippen molar-refractivity contribution < 1.29 is 8.42 Å². The van der Waals surface area contributed by atoms with Gasteiger partial charge in [-0.25, -0.2) is 13.4 Å². The summed E-state index contributed by atoms with van der Waals surface area (Å²) >= 11 is 0. The van der Waals surface area contributed by atoms with Crippen molar-refractivity contribution >= 4 is 26.6 Å². The third kappa shape index (κ3) is 3.82. The first-order valence-electron chi connectivity index (χ1n) is 7.95. The van der Waals surface area contributed by atoms with Gasteiger partial charge in [0.05, 0.1) is 33.4 Å². The summed E-state index contributed by atoms with van der Waals surface area (Å²) in [7, 11) is 0.124. The van der Waals surface area contributed by atoms with Crippen LogP contribution in [0.2, 0.25) is 0 Å². The molecule has 3 rings (SSSR count). The van der Waals surface area contributed by atoms with E-state index in [1.54, 1.807) is 12.1 Å². The Morgan fingerprint density at radius 1 is 1.08 bits per heavy atom. The van der Waals surface area contributed by atoms with Gasteiger partial charge in [0.15, 0.2) is 0 Å². The minimum Gasteiger partial charge on any atom is -0.304 e. The molecule has 0 aliphatic rings. The largest absolute Gasteiger partial charge is 0.304 e. The van der Waals surface area contributed by atoms with E-state index < -0.39 is 10.0 Å². The minimum absolute atomic E-state index is 0.0953. The second-order valence-corrected chi connectivity index (χ2v) is 7.84. The molecule has 132 valence electrons. The van der Waals surface area contributed by atoms with Crippen molar-refractivity contribution in [3.05, 3.63) is 65.9 Å². The summed E-state index contributed by atoms with van der Waals surface area (Å²) in [6, 6.07) is 17.0. The van der Waals surface area contributed by atoms with Crippen LogP contribution in [0.4, 0.5) is 5.69 Å².